The second-order valence-corrected chi connectivity index (χ2v) is 9.65. The maximum absolute atomic E-state index is 13.0. The van der Waals surface area contributed by atoms with Crippen LogP contribution in [0.2, 0.25) is 0 Å². The molecule has 2 fully saturated rings. The zero-order valence-electron chi connectivity index (χ0n) is 18.9. The highest BCUT2D eigenvalue weighted by molar-refractivity contribution is 5.95. The summed E-state index contributed by atoms with van der Waals surface area (Å²) in [6, 6.07) is 14.6. The molecule has 3 aromatic heterocycles. The molecule has 1 saturated carbocycles. The number of rotatable bonds is 5. The lowest BCUT2D eigenvalue weighted by Gasteiger charge is -2.53. The van der Waals surface area contributed by atoms with Gasteiger partial charge in [-0.3, -0.25) is 9.48 Å². The monoisotopic (exact) mass is 441 g/mol. The number of benzene rings is 1. The molecule has 4 aromatic rings. The van der Waals surface area contributed by atoms with Crippen LogP contribution in [-0.2, 0) is 25.3 Å². The molecule has 1 N–H and O–H groups in total. The second kappa shape index (κ2) is 7.56. The number of ether oxygens (including phenoxy) is 1. The van der Waals surface area contributed by atoms with E-state index in [1.807, 2.05) is 49.4 Å². The number of hydrogen-bond acceptors (Lipinski definition) is 4. The van der Waals surface area contributed by atoms with Gasteiger partial charge in [0.15, 0.2) is 0 Å². The van der Waals surface area contributed by atoms with Crippen molar-refractivity contribution in [3.05, 3.63) is 71.7 Å². The number of fused-ring (bicyclic) bond motifs is 1. The average Bonchev–Trinajstić information content (AvgIpc) is 3.35. The smallest absolute Gasteiger partial charge is 0.270 e. The van der Waals surface area contributed by atoms with Crippen molar-refractivity contribution in [3.8, 4) is 11.3 Å². The van der Waals surface area contributed by atoms with E-state index >= 15 is 0 Å². The van der Waals surface area contributed by atoms with Gasteiger partial charge >= 0.3 is 0 Å². The van der Waals surface area contributed by atoms with Gasteiger partial charge in [-0.25, -0.2) is 4.98 Å². The van der Waals surface area contributed by atoms with Crippen LogP contribution in [0.4, 0.5) is 0 Å². The quantitative estimate of drug-likeness (QED) is 0.515. The third-order valence-corrected chi connectivity index (χ3v) is 7.01. The Hall–Kier alpha value is -3.45. The number of amides is 1. The fourth-order valence-corrected chi connectivity index (χ4v) is 5.20. The summed E-state index contributed by atoms with van der Waals surface area (Å²) >= 11 is 0. The SMILES string of the molecule is Cn1ccc(-c2ccc(Cc3cc(C(=O)NC4CC5(COC5)C4)nc4ccn(C)c34)cc2)n1. The van der Waals surface area contributed by atoms with Crippen LogP contribution in [0.5, 0.6) is 0 Å². The molecule has 4 heterocycles. The minimum absolute atomic E-state index is 0.0902. The van der Waals surface area contributed by atoms with E-state index in [0.29, 0.717) is 11.1 Å². The summed E-state index contributed by atoms with van der Waals surface area (Å²) in [6.07, 6.45) is 6.68. The van der Waals surface area contributed by atoms with Gasteiger partial charge in [0.25, 0.3) is 5.91 Å². The largest absolute Gasteiger partial charge is 0.380 e. The van der Waals surface area contributed by atoms with Gasteiger partial charge < -0.3 is 14.6 Å². The molecule has 2 aliphatic rings. The third-order valence-electron chi connectivity index (χ3n) is 7.01. The Bertz CT molecular complexity index is 1340. The summed E-state index contributed by atoms with van der Waals surface area (Å²) in [5.74, 6) is -0.0902. The minimum atomic E-state index is -0.0902. The standard InChI is InChI=1S/C26H27N5O2/c1-30-9-7-22-24(30)19(11-17-3-5-18(6-4-17)21-8-10-31(2)29-21)12-23(28-22)25(32)27-20-13-26(14-20)15-33-16-26/h3-10,12,20H,11,13-16H2,1-2H3,(H,27,32). The Morgan fingerprint density at radius 1 is 1.12 bits per heavy atom. The Kier molecular flexibility index (Phi) is 4.62. The van der Waals surface area contributed by atoms with E-state index in [-0.39, 0.29) is 11.9 Å². The van der Waals surface area contributed by atoms with Crippen molar-refractivity contribution < 1.29 is 9.53 Å². The number of carbonyl (C=O) groups excluding carboxylic acids is 1. The maximum Gasteiger partial charge on any atom is 0.270 e. The molecule has 7 nitrogen and oxygen atoms in total. The Balaban J connectivity index is 1.24. The van der Waals surface area contributed by atoms with Gasteiger partial charge in [-0.2, -0.15) is 5.10 Å². The molecule has 0 atom stereocenters. The molecule has 1 aliphatic heterocycles. The molecule has 1 aromatic carbocycles. The summed E-state index contributed by atoms with van der Waals surface area (Å²) in [7, 11) is 3.94. The number of nitrogens with zero attached hydrogens (tertiary/aromatic N) is 4. The first kappa shape index (κ1) is 20.2. The van der Waals surface area contributed by atoms with E-state index in [1.54, 1.807) is 0 Å². The molecule has 1 spiro atoms. The second-order valence-electron chi connectivity index (χ2n) is 9.65. The average molecular weight is 442 g/mol. The number of nitrogens with one attached hydrogen (secondary N) is 1. The van der Waals surface area contributed by atoms with Crippen LogP contribution >= 0.6 is 0 Å². The van der Waals surface area contributed by atoms with Gasteiger partial charge in [-0.15, -0.1) is 0 Å². The lowest BCUT2D eigenvalue weighted by Crippen LogP contribution is -2.59. The highest BCUT2D eigenvalue weighted by Gasteiger charge is 2.50. The van der Waals surface area contributed by atoms with Gasteiger partial charge in [-0.1, -0.05) is 24.3 Å². The molecule has 1 amide bonds. The zero-order valence-corrected chi connectivity index (χ0v) is 18.9. The van der Waals surface area contributed by atoms with Gasteiger partial charge in [0.05, 0.1) is 29.9 Å². The van der Waals surface area contributed by atoms with Gasteiger partial charge in [0.2, 0.25) is 0 Å². The fourth-order valence-electron chi connectivity index (χ4n) is 5.20. The lowest BCUT2D eigenvalue weighted by molar-refractivity contribution is -0.165. The van der Waals surface area contributed by atoms with Crippen LogP contribution in [0, 0.1) is 5.41 Å². The summed E-state index contributed by atoms with van der Waals surface area (Å²) in [5, 5.41) is 7.65. The van der Waals surface area contributed by atoms with Crippen molar-refractivity contribution in [2.24, 2.45) is 19.5 Å². The van der Waals surface area contributed by atoms with E-state index in [4.69, 9.17) is 4.74 Å². The fraction of sp³-hybridized carbons (Fsp3) is 0.346. The van der Waals surface area contributed by atoms with E-state index < -0.39 is 0 Å². The summed E-state index contributed by atoms with van der Waals surface area (Å²) in [5.41, 5.74) is 7.05. The van der Waals surface area contributed by atoms with E-state index in [2.05, 4.69) is 44.2 Å². The van der Waals surface area contributed by atoms with Crippen molar-refractivity contribution >= 4 is 16.9 Å². The van der Waals surface area contributed by atoms with Gasteiger partial charge in [-0.05, 0) is 48.6 Å². The van der Waals surface area contributed by atoms with Crippen molar-refractivity contribution in [1.82, 2.24) is 24.6 Å². The van der Waals surface area contributed by atoms with Crippen molar-refractivity contribution in [1.29, 1.82) is 0 Å². The zero-order chi connectivity index (χ0) is 22.6. The number of pyridine rings is 1. The molecule has 168 valence electrons. The first-order valence-electron chi connectivity index (χ1n) is 11.4. The normalized spacial score (nSPS) is 17.2. The highest BCUT2D eigenvalue weighted by Crippen LogP contribution is 2.46. The van der Waals surface area contributed by atoms with Crippen LogP contribution in [0.25, 0.3) is 22.3 Å². The predicted molar refractivity (Wildman–Crippen MR) is 126 cm³/mol. The first-order chi connectivity index (χ1) is 16.0. The molecule has 7 heteroatoms. The van der Waals surface area contributed by atoms with Crippen LogP contribution in [0.1, 0.15) is 34.5 Å². The Morgan fingerprint density at radius 2 is 1.91 bits per heavy atom. The van der Waals surface area contributed by atoms with Crippen molar-refractivity contribution in [3.63, 3.8) is 0 Å². The predicted octanol–water partition coefficient (Wildman–Crippen LogP) is 3.47. The van der Waals surface area contributed by atoms with Crippen LogP contribution in [0.15, 0.2) is 54.9 Å². The number of aryl methyl sites for hydroxylation is 2. The van der Waals surface area contributed by atoms with E-state index in [0.717, 1.165) is 60.3 Å². The molecule has 6 rings (SSSR count). The van der Waals surface area contributed by atoms with E-state index in [1.165, 1.54) is 5.56 Å². The molecule has 33 heavy (non-hydrogen) atoms. The van der Waals surface area contributed by atoms with Gasteiger partial charge in [0.1, 0.15) is 5.69 Å². The minimum Gasteiger partial charge on any atom is -0.380 e. The van der Waals surface area contributed by atoms with Crippen molar-refractivity contribution in [2.75, 3.05) is 13.2 Å². The molecule has 1 saturated heterocycles. The molecule has 0 unspecified atom stereocenters. The highest BCUT2D eigenvalue weighted by atomic mass is 16.5. The number of carbonyl (C=O) groups is 1. The summed E-state index contributed by atoms with van der Waals surface area (Å²) < 4.78 is 9.23. The summed E-state index contributed by atoms with van der Waals surface area (Å²) in [6.45, 7) is 1.66. The Morgan fingerprint density at radius 3 is 2.58 bits per heavy atom. The van der Waals surface area contributed by atoms with Crippen LogP contribution < -0.4 is 5.32 Å². The summed E-state index contributed by atoms with van der Waals surface area (Å²) in [4.78, 5) is 17.7. The number of aromatic nitrogens is 4. The van der Waals surface area contributed by atoms with E-state index in [9.17, 15) is 4.79 Å². The van der Waals surface area contributed by atoms with Gasteiger partial charge in [0, 0.05) is 43.5 Å². The van der Waals surface area contributed by atoms with Crippen LogP contribution in [-0.4, -0.2) is 44.5 Å². The Labute approximate surface area is 192 Å². The van der Waals surface area contributed by atoms with Crippen molar-refractivity contribution in [2.45, 2.75) is 25.3 Å². The third kappa shape index (κ3) is 3.62. The molecule has 0 bridgehead atoms. The topological polar surface area (TPSA) is 74.0 Å². The molecule has 0 radical (unpaired) electrons. The number of hydrogen-bond donors (Lipinski definition) is 1. The first-order valence-corrected chi connectivity index (χ1v) is 11.4. The van der Waals surface area contributed by atoms with Crippen LogP contribution in [0.3, 0.4) is 0 Å². The molecular weight excluding hydrogens is 414 g/mol. The molecule has 1 aliphatic carbocycles. The molecular formula is C26H27N5O2. The maximum atomic E-state index is 13.0. The lowest BCUT2D eigenvalue weighted by atomic mass is 9.64.